The van der Waals surface area contributed by atoms with Crippen molar-refractivity contribution in [3.63, 3.8) is 0 Å². The Bertz CT molecular complexity index is 609. The Hall–Kier alpha value is -2.30. The van der Waals surface area contributed by atoms with E-state index < -0.39 is 0 Å². The summed E-state index contributed by atoms with van der Waals surface area (Å²) in [7, 11) is 0. The minimum absolute atomic E-state index is 0.102. The highest BCUT2D eigenvalue weighted by molar-refractivity contribution is 5.89. The molecule has 1 saturated heterocycles. The van der Waals surface area contributed by atoms with Gasteiger partial charge in [-0.3, -0.25) is 5.32 Å². The zero-order valence-electron chi connectivity index (χ0n) is 12.1. The minimum Gasteiger partial charge on any atom is -0.354 e. The third-order valence-corrected chi connectivity index (χ3v) is 3.87. The number of hydrogen-bond donors (Lipinski definition) is 1. The molecule has 1 atom stereocenters. The fraction of sp³-hybridized carbons (Fsp3) is 0.375. The predicted octanol–water partition coefficient (Wildman–Crippen LogP) is 3.75. The van der Waals surface area contributed by atoms with Crippen LogP contribution in [0.1, 0.15) is 26.2 Å². The van der Waals surface area contributed by atoms with E-state index in [4.69, 9.17) is 4.52 Å². The fourth-order valence-electron chi connectivity index (χ4n) is 2.65. The summed E-state index contributed by atoms with van der Waals surface area (Å²) in [4.78, 5) is 14.1. The van der Waals surface area contributed by atoms with Crippen molar-refractivity contribution >= 4 is 11.8 Å². The van der Waals surface area contributed by atoms with Gasteiger partial charge in [0.15, 0.2) is 11.6 Å². The Balaban J connectivity index is 1.68. The van der Waals surface area contributed by atoms with Gasteiger partial charge >= 0.3 is 6.03 Å². The summed E-state index contributed by atoms with van der Waals surface area (Å²) in [5.41, 5.74) is 0.942. The molecule has 1 aliphatic heterocycles. The first-order chi connectivity index (χ1) is 10.2. The molecule has 2 heterocycles. The predicted molar refractivity (Wildman–Crippen MR) is 81.0 cm³/mol. The highest BCUT2D eigenvalue weighted by atomic mass is 16.5. The van der Waals surface area contributed by atoms with Crippen molar-refractivity contribution in [3.05, 3.63) is 36.4 Å². The molecule has 0 aliphatic carbocycles. The van der Waals surface area contributed by atoms with E-state index in [0.29, 0.717) is 11.6 Å². The third-order valence-electron chi connectivity index (χ3n) is 3.87. The van der Waals surface area contributed by atoms with E-state index in [1.54, 1.807) is 6.07 Å². The summed E-state index contributed by atoms with van der Waals surface area (Å²) >= 11 is 0. The van der Waals surface area contributed by atoms with Crippen molar-refractivity contribution in [3.8, 4) is 11.3 Å². The van der Waals surface area contributed by atoms with Gasteiger partial charge in [-0.1, -0.05) is 35.5 Å². The van der Waals surface area contributed by atoms with E-state index >= 15 is 0 Å². The number of aromatic nitrogens is 1. The topological polar surface area (TPSA) is 58.4 Å². The highest BCUT2D eigenvalue weighted by Gasteiger charge is 2.23. The van der Waals surface area contributed by atoms with Crippen LogP contribution in [-0.2, 0) is 0 Å². The van der Waals surface area contributed by atoms with Gasteiger partial charge in [0, 0.05) is 24.2 Å². The van der Waals surface area contributed by atoms with Crippen LogP contribution in [0.5, 0.6) is 0 Å². The van der Waals surface area contributed by atoms with Crippen LogP contribution in [0.15, 0.2) is 40.9 Å². The number of carbonyl (C=O) groups excluding carboxylic acids is 1. The molecule has 21 heavy (non-hydrogen) atoms. The molecule has 0 saturated carbocycles. The number of rotatable bonds is 2. The number of amides is 2. The van der Waals surface area contributed by atoms with Gasteiger partial charge in [-0.15, -0.1) is 0 Å². The molecule has 1 aliphatic rings. The van der Waals surface area contributed by atoms with Crippen LogP contribution in [-0.4, -0.2) is 28.7 Å². The molecule has 110 valence electrons. The number of anilines is 1. The lowest BCUT2D eigenvalue weighted by atomic mass is 10.0. The molecule has 0 spiro atoms. The van der Waals surface area contributed by atoms with E-state index in [1.807, 2.05) is 35.2 Å². The normalized spacial score (nSPS) is 18.5. The standard InChI is InChI=1S/C16H19N3O2/c1-12-7-5-6-10-19(12)16(20)17-15-11-14(21-18-15)13-8-3-2-4-9-13/h2-4,8-9,11-12H,5-7,10H2,1H3,(H,17,18,20). The fourth-order valence-corrected chi connectivity index (χ4v) is 2.65. The average Bonchev–Trinajstić information content (AvgIpc) is 2.97. The molecule has 1 fully saturated rings. The quantitative estimate of drug-likeness (QED) is 0.914. The van der Waals surface area contributed by atoms with Gasteiger partial charge in [-0.25, -0.2) is 4.79 Å². The van der Waals surface area contributed by atoms with Crippen LogP contribution in [0.4, 0.5) is 10.6 Å². The van der Waals surface area contributed by atoms with Crippen LogP contribution in [0.25, 0.3) is 11.3 Å². The van der Waals surface area contributed by atoms with Crippen molar-refractivity contribution in [2.45, 2.75) is 32.2 Å². The van der Waals surface area contributed by atoms with Crippen LogP contribution in [0.2, 0.25) is 0 Å². The second-order valence-electron chi connectivity index (χ2n) is 5.41. The number of nitrogens with one attached hydrogen (secondary N) is 1. The number of benzene rings is 1. The van der Waals surface area contributed by atoms with Crippen molar-refractivity contribution in [2.24, 2.45) is 0 Å². The molecule has 0 bridgehead atoms. The zero-order chi connectivity index (χ0) is 14.7. The molecular formula is C16H19N3O2. The summed E-state index contributed by atoms with van der Waals surface area (Å²) < 4.78 is 5.28. The first-order valence-electron chi connectivity index (χ1n) is 7.34. The van der Waals surface area contributed by atoms with Crippen molar-refractivity contribution in [1.82, 2.24) is 10.1 Å². The second-order valence-corrected chi connectivity index (χ2v) is 5.41. The number of urea groups is 1. The summed E-state index contributed by atoms with van der Waals surface area (Å²) in [5.74, 6) is 1.11. The maximum atomic E-state index is 12.3. The Morgan fingerprint density at radius 2 is 2.14 bits per heavy atom. The number of nitrogens with zero attached hydrogens (tertiary/aromatic N) is 2. The van der Waals surface area contributed by atoms with Crippen molar-refractivity contribution in [2.75, 3.05) is 11.9 Å². The Labute approximate surface area is 123 Å². The van der Waals surface area contributed by atoms with Crippen LogP contribution in [0, 0.1) is 0 Å². The lowest BCUT2D eigenvalue weighted by Crippen LogP contribution is -2.44. The lowest BCUT2D eigenvalue weighted by molar-refractivity contribution is 0.170. The van der Waals surface area contributed by atoms with Crippen LogP contribution < -0.4 is 5.32 Å². The summed E-state index contributed by atoms with van der Waals surface area (Å²) in [5, 5.41) is 6.73. The Morgan fingerprint density at radius 1 is 1.33 bits per heavy atom. The van der Waals surface area contributed by atoms with Gasteiger partial charge in [0.05, 0.1) is 0 Å². The molecule has 1 unspecified atom stereocenters. The monoisotopic (exact) mass is 285 g/mol. The third kappa shape index (κ3) is 3.07. The number of piperidine rings is 1. The van der Waals surface area contributed by atoms with Gasteiger partial charge in [0.1, 0.15) is 0 Å². The number of likely N-dealkylation sites (tertiary alicyclic amines) is 1. The van der Waals surface area contributed by atoms with Gasteiger partial charge in [-0.2, -0.15) is 0 Å². The highest BCUT2D eigenvalue weighted by Crippen LogP contribution is 2.23. The average molecular weight is 285 g/mol. The summed E-state index contributed by atoms with van der Waals surface area (Å²) in [6.45, 7) is 2.88. The molecule has 1 N–H and O–H groups in total. The van der Waals surface area contributed by atoms with E-state index in [2.05, 4.69) is 17.4 Å². The SMILES string of the molecule is CC1CCCCN1C(=O)Nc1cc(-c2ccccc2)on1. The molecule has 1 aromatic carbocycles. The van der Waals surface area contributed by atoms with Crippen molar-refractivity contribution < 1.29 is 9.32 Å². The maximum Gasteiger partial charge on any atom is 0.323 e. The summed E-state index contributed by atoms with van der Waals surface area (Å²) in [6, 6.07) is 11.6. The molecule has 2 amide bonds. The summed E-state index contributed by atoms with van der Waals surface area (Å²) in [6.07, 6.45) is 3.31. The molecule has 5 nitrogen and oxygen atoms in total. The zero-order valence-corrected chi connectivity index (χ0v) is 12.1. The minimum atomic E-state index is -0.102. The van der Waals surface area contributed by atoms with E-state index in [-0.39, 0.29) is 12.1 Å². The smallest absolute Gasteiger partial charge is 0.323 e. The van der Waals surface area contributed by atoms with E-state index in [9.17, 15) is 4.79 Å². The lowest BCUT2D eigenvalue weighted by Gasteiger charge is -2.32. The van der Waals surface area contributed by atoms with E-state index in [0.717, 1.165) is 24.9 Å². The van der Waals surface area contributed by atoms with Gasteiger partial charge in [0.25, 0.3) is 0 Å². The van der Waals surface area contributed by atoms with Crippen LogP contribution >= 0.6 is 0 Å². The maximum absolute atomic E-state index is 12.3. The largest absolute Gasteiger partial charge is 0.354 e. The Kier molecular flexibility index (Phi) is 3.90. The molecule has 0 radical (unpaired) electrons. The molecular weight excluding hydrogens is 266 g/mol. The molecule has 1 aromatic heterocycles. The van der Waals surface area contributed by atoms with Gasteiger partial charge in [0.2, 0.25) is 0 Å². The van der Waals surface area contributed by atoms with E-state index in [1.165, 1.54) is 6.42 Å². The van der Waals surface area contributed by atoms with Gasteiger partial charge < -0.3 is 9.42 Å². The molecule has 3 rings (SSSR count). The first-order valence-corrected chi connectivity index (χ1v) is 7.34. The van der Waals surface area contributed by atoms with Gasteiger partial charge in [-0.05, 0) is 26.2 Å². The second kappa shape index (κ2) is 5.99. The molecule has 2 aromatic rings. The first kappa shape index (κ1) is 13.7. The van der Waals surface area contributed by atoms with Crippen LogP contribution in [0.3, 0.4) is 0 Å². The number of carbonyl (C=O) groups is 1. The Morgan fingerprint density at radius 3 is 2.90 bits per heavy atom. The number of hydrogen-bond acceptors (Lipinski definition) is 3. The molecule has 5 heteroatoms. The van der Waals surface area contributed by atoms with Crippen molar-refractivity contribution in [1.29, 1.82) is 0 Å².